The van der Waals surface area contributed by atoms with E-state index in [1.54, 1.807) is 7.11 Å². The van der Waals surface area contributed by atoms with Crippen LogP contribution in [0, 0.1) is 0 Å². The van der Waals surface area contributed by atoms with Gasteiger partial charge in [-0.2, -0.15) is 0 Å². The van der Waals surface area contributed by atoms with Crippen LogP contribution in [-0.4, -0.2) is 26.7 Å². The van der Waals surface area contributed by atoms with E-state index in [9.17, 15) is 0 Å². The molecule has 0 amide bonds. The van der Waals surface area contributed by atoms with Crippen molar-refractivity contribution < 1.29 is 4.74 Å². The van der Waals surface area contributed by atoms with Crippen molar-refractivity contribution in [1.82, 2.24) is 5.32 Å². The SMILES string of the molecule is COc1ccccc1[C@@H]1CNCCCN1c1ccccc1. The van der Waals surface area contributed by atoms with Crippen LogP contribution in [0.15, 0.2) is 54.6 Å². The summed E-state index contributed by atoms with van der Waals surface area (Å²) in [6.45, 7) is 3.06. The third-order valence-corrected chi connectivity index (χ3v) is 4.05. The van der Waals surface area contributed by atoms with Gasteiger partial charge >= 0.3 is 0 Å². The Morgan fingerprint density at radius 1 is 1.05 bits per heavy atom. The minimum Gasteiger partial charge on any atom is -0.496 e. The summed E-state index contributed by atoms with van der Waals surface area (Å²) in [5.41, 5.74) is 2.52. The molecule has 0 aliphatic carbocycles. The summed E-state index contributed by atoms with van der Waals surface area (Å²) in [6, 6.07) is 19.3. The van der Waals surface area contributed by atoms with E-state index in [1.165, 1.54) is 11.3 Å². The highest BCUT2D eigenvalue weighted by Crippen LogP contribution is 2.33. The van der Waals surface area contributed by atoms with E-state index >= 15 is 0 Å². The highest BCUT2D eigenvalue weighted by molar-refractivity contribution is 5.51. The first-order valence-electron chi connectivity index (χ1n) is 7.55. The standard InChI is InChI=1S/C18H22N2O/c1-21-18-11-6-5-10-16(18)17-14-19-12-7-13-20(17)15-8-3-2-4-9-15/h2-6,8-11,17,19H,7,12-14H2,1H3/t17-/m0/s1. The molecule has 1 fully saturated rings. The average molecular weight is 282 g/mol. The Bertz CT molecular complexity index is 570. The first kappa shape index (κ1) is 14.0. The fourth-order valence-corrected chi connectivity index (χ4v) is 3.03. The van der Waals surface area contributed by atoms with E-state index in [0.29, 0.717) is 6.04 Å². The normalized spacial score (nSPS) is 19.1. The Balaban J connectivity index is 1.99. The van der Waals surface area contributed by atoms with Crippen molar-refractivity contribution in [2.24, 2.45) is 0 Å². The summed E-state index contributed by atoms with van der Waals surface area (Å²) < 4.78 is 5.57. The molecule has 1 aliphatic rings. The molecule has 1 saturated heterocycles. The molecule has 1 heterocycles. The number of nitrogens with one attached hydrogen (secondary N) is 1. The molecule has 21 heavy (non-hydrogen) atoms. The maximum atomic E-state index is 5.57. The van der Waals surface area contributed by atoms with Gasteiger partial charge in [0.2, 0.25) is 0 Å². The van der Waals surface area contributed by atoms with Gasteiger partial charge in [0.05, 0.1) is 13.2 Å². The van der Waals surface area contributed by atoms with E-state index in [2.05, 4.69) is 52.7 Å². The number of hydrogen-bond donors (Lipinski definition) is 1. The molecule has 1 N–H and O–H groups in total. The number of nitrogens with zero attached hydrogens (tertiary/aromatic N) is 1. The lowest BCUT2D eigenvalue weighted by Gasteiger charge is -2.33. The number of rotatable bonds is 3. The van der Waals surface area contributed by atoms with Crippen molar-refractivity contribution in [1.29, 1.82) is 0 Å². The predicted octanol–water partition coefficient (Wildman–Crippen LogP) is 3.24. The van der Waals surface area contributed by atoms with Crippen molar-refractivity contribution in [2.75, 3.05) is 31.6 Å². The summed E-state index contributed by atoms with van der Waals surface area (Å²) >= 11 is 0. The zero-order valence-corrected chi connectivity index (χ0v) is 12.5. The van der Waals surface area contributed by atoms with Crippen molar-refractivity contribution >= 4 is 5.69 Å². The zero-order chi connectivity index (χ0) is 14.5. The molecule has 2 aromatic carbocycles. The van der Waals surface area contributed by atoms with Crippen molar-refractivity contribution in [3.05, 3.63) is 60.2 Å². The number of methoxy groups -OCH3 is 1. The molecule has 3 rings (SSSR count). The molecular weight excluding hydrogens is 260 g/mol. The highest BCUT2D eigenvalue weighted by Gasteiger charge is 2.25. The van der Waals surface area contributed by atoms with E-state index < -0.39 is 0 Å². The quantitative estimate of drug-likeness (QED) is 0.935. The molecule has 0 spiro atoms. The zero-order valence-electron chi connectivity index (χ0n) is 12.5. The van der Waals surface area contributed by atoms with Crippen molar-refractivity contribution in [3.8, 4) is 5.75 Å². The lowest BCUT2D eigenvalue weighted by molar-refractivity contribution is 0.404. The Kier molecular flexibility index (Phi) is 4.41. The van der Waals surface area contributed by atoms with Crippen LogP contribution in [0.5, 0.6) is 5.75 Å². The summed E-state index contributed by atoms with van der Waals surface area (Å²) in [5.74, 6) is 0.965. The van der Waals surface area contributed by atoms with Crippen molar-refractivity contribution in [2.45, 2.75) is 12.5 Å². The van der Waals surface area contributed by atoms with Gasteiger partial charge in [0.15, 0.2) is 0 Å². The van der Waals surface area contributed by atoms with Crippen LogP contribution in [0.4, 0.5) is 5.69 Å². The third-order valence-electron chi connectivity index (χ3n) is 4.05. The Morgan fingerprint density at radius 3 is 2.62 bits per heavy atom. The van der Waals surface area contributed by atoms with E-state index in [0.717, 1.165) is 31.8 Å². The summed E-state index contributed by atoms with van der Waals surface area (Å²) in [4.78, 5) is 2.48. The van der Waals surface area contributed by atoms with Gasteiger partial charge < -0.3 is 15.0 Å². The molecular formula is C18H22N2O. The van der Waals surface area contributed by atoms with Gasteiger partial charge in [-0.15, -0.1) is 0 Å². The molecule has 2 aromatic rings. The molecule has 0 radical (unpaired) electrons. The molecule has 1 atom stereocenters. The molecule has 0 saturated carbocycles. The summed E-state index contributed by atoms with van der Waals surface area (Å²) in [6.07, 6.45) is 1.15. The van der Waals surface area contributed by atoms with E-state index in [4.69, 9.17) is 4.74 Å². The van der Waals surface area contributed by atoms with Gasteiger partial charge in [0.25, 0.3) is 0 Å². The van der Waals surface area contributed by atoms with Gasteiger partial charge in [0.1, 0.15) is 5.75 Å². The van der Waals surface area contributed by atoms with Gasteiger partial charge in [-0.25, -0.2) is 0 Å². The van der Waals surface area contributed by atoms with Crippen LogP contribution in [0.2, 0.25) is 0 Å². The largest absolute Gasteiger partial charge is 0.496 e. The number of anilines is 1. The van der Waals surface area contributed by atoms with Gasteiger partial charge in [0, 0.05) is 24.3 Å². The minimum atomic E-state index is 0.297. The van der Waals surface area contributed by atoms with Crippen LogP contribution in [-0.2, 0) is 0 Å². The second kappa shape index (κ2) is 6.64. The smallest absolute Gasteiger partial charge is 0.124 e. The van der Waals surface area contributed by atoms with Crippen LogP contribution in [0.1, 0.15) is 18.0 Å². The second-order valence-electron chi connectivity index (χ2n) is 5.34. The molecule has 0 aromatic heterocycles. The minimum absolute atomic E-state index is 0.297. The molecule has 0 unspecified atom stereocenters. The van der Waals surface area contributed by atoms with Crippen LogP contribution >= 0.6 is 0 Å². The fraction of sp³-hybridized carbons (Fsp3) is 0.333. The highest BCUT2D eigenvalue weighted by atomic mass is 16.5. The van der Waals surface area contributed by atoms with Gasteiger partial charge in [-0.3, -0.25) is 0 Å². The first-order chi connectivity index (χ1) is 10.4. The van der Waals surface area contributed by atoms with Crippen molar-refractivity contribution in [3.63, 3.8) is 0 Å². The van der Waals surface area contributed by atoms with E-state index in [1.807, 2.05) is 12.1 Å². The topological polar surface area (TPSA) is 24.5 Å². The fourth-order valence-electron chi connectivity index (χ4n) is 3.03. The Hall–Kier alpha value is -2.00. The predicted molar refractivity (Wildman–Crippen MR) is 87.0 cm³/mol. The van der Waals surface area contributed by atoms with E-state index in [-0.39, 0.29) is 0 Å². The van der Waals surface area contributed by atoms with Crippen LogP contribution in [0.3, 0.4) is 0 Å². The Labute approximate surface area is 126 Å². The lowest BCUT2D eigenvalue weighted by Crippen LogP contribution is -2.32. The molecule has 3 heteroatoms. The molecule has 110 valence electrons. The molecule has 3 nitrogen and oxygen atoms in total. The summed E-state index contributed by atoms with van der Waals surface area (Å²) in [5, 5.41) is 3.55. The number of para-hydroxylation sites is 2. The first-order valence-corrected chi connectivity index (χ1v) is 7.55. The third kappa shape index (κ3) is 3.03. The maximum absolute atomic E-state index is 5.57. The Morgan fingerprint density at radius 2 is 1.81 bits per heavy atom. The van der Waals surface area contributed by atoms with Gasteiger partial charge in [-0.1, -0.05) is 36.4 Å². The monoisotopic (exact) mass is 282 g/mol. The number of benzene rings is 2. The summed E-state index contributed by atoms with van der Waals surface area (Å²) in [7, 11) is 1.75. The number of ether oxygens (including phenoxy) is 1. The number of hydrogen-bond acceptors (Lipinski definition) is 3. The average Bonchev–Trinajstić information content (AvgIpc) is 2.81. The van der Waals surface area contributed by atoms with Crippen LogP contribution < -0.4 is 15.0 Å². The maximum Gasteiger partial charge on any atom is 0.124 e. The lowest BCUT2D eigenvalue weighted by atomic mass is 10.0. The molecule has 1 aliphatic heterocycles. The van der Waals surface area contributed by atoms with Crippen LogP contribution in [0.25, 0.3) is 0 Å². The van der Waals surface area contributed by atoms with Gasteiger partial charge in [-0.05, 0) is 31.2 Å². The second-order valence-corrected chi connectivity index (χ2v) is 5.34. The molecule has 0 bridgehead atoms.